The summed E-state index contributed by atoms with van der Waals surface area (Å²) in [6, 6.07) is 23.7. The topological polar surface area (TPSA) is 73.5 Å². The lowest BCUT2D eigenvalue weighted by molar-refractivity contribution is -0.110. The van der Waals surface area contributed by atoms with Crippen LogP contribution in [0.15, 0.2) is 72.8 Å². The van der Waals surface area contributed by atoms with Crippen molar-refractivity contribution in [2.24, 2.45) is 5.92 Å². The monoisotopic (exact) mass is 522 g/mol. The van der Waals surface area contributed by atoms with Crippen molar-refractivity contribution < 1.29 is 9.59 Å². The average Bonchev–Trinajstić information content (AvgIpc) is 3.59. The first-order chi connectivity index (χ1) is 19.0. The predicted molar refractivity (Wildman–Crippen MR) is 159 cm³/mol. The van der Waals surface area contributed by atoms with E-state index in [-0.39, 0.29) is 11.8 Å². The molecule has 1 unspecified atom stereocenters. The van der Waals surface area contributed by atoms with E-state index in [4.69, 9.17) is 0 Å². The van der Waals surface area contributed by atoms with Crippen LogP contribution in [0.1, 0.15) is 66.6 Å². The van der Waals surface area contributed by atoms with Crippen LogP contribution in [0, 0.1) is 5.92 Å². The Labute approximate surface area is 231 Å². The van der Waals surface area contributed by atoms with Gasteiger partial charge >= 0.3 is 0 Å². The molecule has 1 fully saturated rings. The normalized spacial score (nSPS) is 16.9. The first kappa shape index (κ1) is 26.7. The van der Waals surface area contributed by atoms with Crippen LogP contribution in [0.5, 0.6) is 0 Å². The molecule has 0 aromatic heterocycles. The molecule has 1 atom stereocenters. The smallest absolute Gasteiger partial charge is 0.258 e. The van der Waals surface area contributed by atoms with E-state index < -0.39 is 0 Å². The molecule has 39 heavy (non-hydrogen) atoms. The summed E-state index contributed by atoms with van der Waals surface area (Å²) in [6.07, 6.45) is 4.58. The third-order valence-corrected chi connectivity index (χ3v) is 7.79. The van der Waals surface area contributed by atoms with E-state index in [0.717, 1.165) is 49.3 Å². The molecule has 2 aliphatic rings. The SMILES string of the molecule is CCC(C)CCNC(=O)c1ccc2c(c1)/C(=C(/Nc1ccc(CN3CCCC3)cc1)c1ccccc1)C(=O)N2. The number of benzene rings is 3. The number of amides is 2. The molecule has 1 saturated heterocycles. The lowest BCUT2D eigenvalue weighted by atomic mass is 9.98. The number of likely N-dealkylation sites (tertiary alicyclic amines) is 1. The van der Waals surface area contributed by atoms with Crippen LogP contribution in [0.4, 0.5) is 11.4 Å². The molecule has 3 aromatic carbocycles. The van der Waals surface area contributed by atoms with Gasteiger partial charge in [0.05, 0.1) is 11.3 Å². The fourth-order valence-corrected chi connectivity index (χ4v) is 5.22. The van der Waals surface area contributed by atoms with Gasteiger partial charge in [-0.1, -0.05) is 62.7 Å². The molecular weight excluding hydrogens is 484 g/mol. The Kier molecular flexibility index (Phi) is 8.42. The van der Waals surface area contributed by atoms with Gasteiger partial charge in [-0.25, -0.2) is 0 Å². The van der Waals surface area contributed by atoms with Gasteiger partial charge in [-0.05, 0) is 79.7 Å². The van der Waals surface area contributed by atoms with Crippen LogP contribution in [-0.4, -0.2) is 36.3 Å². The van der Waals surface area contributed by atoms with Crippen molar-refractivity contribution in [3.63, 3.8) is 0 Å². The van der Waals surface area contributed by atoms with E-state index in [2.05, 4.69) is 59.0 Å². The first-order valence-corrected chi connectivity index (χ1v) is 14.1. The van der Waals surface area contributed by atoms with Crippen molar-refractivity contribution in [3.8, 4) is 0 Å². The summed E-state index contributed by atoms with van der Waals surface area (Å²) in [5.74, 6) is 0.259. The van der Waals surface area contributed by atoms with E-state index in [0.29, 0.717) is 35.0 Å². The summed E-state index contributed by atoms with van der Waals surface area (Å²) in [5.41, 5.74) is 6.33. The minimum Gasteiger partial charge on any atom is -0.354 e. The zero-order valence-electron chi connectivity index (χ0n) is 22.9. The molecule has 0 spiro atoms. The zero-order chi connectivity index (χ0) is 27.2. The van der Waals surface area contributed by atoms with Gasteiger partial charge in [0, 0.05) is 35.6 Å². The van der Waals surface area contributed by atoms with Crippen molar-refractivity contribution in [1.29, 1.82) is 0 Å². The molecule has 2 aliphatic heterocycles. The second-order valence-electron chi connectivity index (χ2n) is 10.7. The van der Waals surface area contributed by atoms with Crippen molar-refractivity contribution in [2.45, 2.75) is 46.1 Å². The van der Waals surface area contributed by atoms with Gasteiger partial charge < -0.3 is 16.0 Å². The van der Waals surface area contributed by atoms with Crippen LogP contribution in [0.25, 0.3) is 11.3 Å². The number of nitrogens with zero attached hydrogens (tertiary/aromatic N) is 1. The number of anilines is 2. The molecule has 202 valence electrons. The van der Waals surface area contributed by atoms with Gasteiger partial charge in [0.15, 0.2) is 0 Å². The first-order valence-electron chi connectivity index (χ1n) is 14.1. The third-order valence-electron chi connectivity index (χ3n) is 7.79. The summed E-state index contributed by atoms with van der Waals surface area (Å²) in [6.45, 7) is 8.27. The Bertz CT molecular complexity index is 1340. The lowest BCUT2D eigenvalue weighted by Crippen LogP contribution is -2.25. The van der Waals surface area contributed by atoms with Gasteiger partial charge in [0.25, 0.3) is 11.8 Å². The van der Waals surface area contributed by atoms with Crippen LogP contribution in [-0.2, 0) is 11.3 Å². The van der Waals surface area contributed by atoms with Crippen LogP contribution >= 0.6 is 0 Å². The Hall–Kier alpha value is -3.90. The molecule has 2 heterocycles. The fourth-order valence-electron chi connectivity index (χ4n) is 5.22. The molecule has 5 rings (SSSR count). The molecular formula is C33H38N4O2. The fraction of sp³-hybridized carbons (Fsp3) is 0.333. The van der Waals surface area contributed by atoms with E-state index in [1.807, 2.05) is 42.5 Å². The summed E-state index contributed by atoms with van der Waals surface area (Å²) < 4.78 is 0. The Balaban J connectivity index is 1.44. The van der Waals surface area contributed by atoms with Crippen molar-refractivity contribution in [2.75, 3.05) is 30.3 Å². The van der Waals surface area contributed by atoms with Crippen LogP contribution in [0.2, 0.25) is 0 Å². The highest BCUT2D eigenvalue weighted by atomic mass is 16.2. The molecule has 3 N–H and O–H groups in total. The van der Waals surface area contributed by atoms with Crippen LogP contribution in [0.3, 0.4) is 0 Å². The molecule has 0 saturated carbocycles. The number of rotatable bonds is 10. The molecule has 6 heteroatoms. The van der Waals surface area contributed by atoms with E-state index >= 15 is 0 Å². The van der Waals surface area contributed by atoms with Gasteiger partial charge in [-0.15, -0.1) is 0 Å². The lowest BCUT2D eigenvalue weighted by Gasteiger charge is -2.17. The highest BCUT2D eigenvalue weighted by molar-refractivity contribution is 6.37. The molecule has 0 radical (unpaired) electrons. The van der Waals surface area contributed by atoms with E-state index in [1.54, 1.807) is 6.07 Å². The highest BCUT2D eigenvalue weighted by Crippen LogP contribution is 2.38. The van der Waals surface area contributed by atoms with Crippen molar-refractivity contribution in [3.05, 3.63) is 95.1 Å². The van der Waals surface area contributed by atoms with Gasteiger partial charge in [0.2, 0.25) is 0 Å². The Morgan fingerprint density at radius 2 is 1.72 bits per heavy atom. The molecule has 2 amide bonds. The zero-order valence-corrected chi connectivity index (χ0v) is 22.9. The standard InChI is InChI=1S/C33H38N4O2/c1-3-23(2)17-18-34-32(38)26-13-16-29-28(21-26)30(33(39)36-29)31(25-9-5-4-6-10-25)35-27-14-11-24(12-15-27)22-37-19-7-8-20-37/h4-6,9-16,21,23,35H,3,7-8,17-20,22H2,1-2H3,(H,34,38)(H,36,39)/b31-30-. The predicted octanol–water partition coefficient (Wildman–Crippen LogP) is 6.38. The van der Waals surface area contributed by atoms with Gasteiger partial charge in [-0.3, -0.25) is 14.5 Å². The molecule has 0 bridgehead atoms. The van der Waals surface area contributed by atoms with Crippen LogP contribution < -0.4 is 16.0 Å². The molecule has 6 nitrogen and oxygen atoms in total. The number of carbonyl (C=O) groups is 2. The number of fused-ring (bicyclic) bond motifs is 1. The van der Waals surface area contributed by atoms with Crippen molar-refractivity contribution in [1.82, 2.24) is 10.2 Å². The van der Waals surface area contributed by atoms with Gasteiger partial charge in [0.1, 0.15) is 0 Å². The number of hydrogen-bond acceptors (Lipinski definition) is 4. The molecule has 3 aromatic rings. The second kappa shape index (κ2) is 12.3. The summed E-state index contributed by atoms with van der Waals surface area (Å²) in [7, 11) is 0. The summed E-state index contributed by atoms with van der Waals surface area (Å²) >= 11 is 0. The maximum absolute atomic E-state index is 13.3. The Morgan fingerprint density at radius 3 is 2.44 bits per heavy atom. The van der Waals surface area contributed by atoms with Gasteiger partial charge in [-0.2, -0.15) is 0 Å². The maximum atomic E-state index is 13.3. The number of hydrogen-bond donors (Lipinski definition) is 3. The quantitative estimate of drug-likeness (QED) is 0.270. The van der Waals surface area contributed by atoms with Crippen molar-refractivity contribution >= 4 is 34.5 Å². The minimum absolute atomic E-state index is 0.123. The highest BCUT2D eigenvalue weighted by Gasteiger charge is 2.29. The molecule has 0 aliphatic carbocycles. The van der Waals surface area contributed by atoms with E-state index in [1.165, 1.54) is 18.4 Å². The third kappa shape index (κ3) is 6.40. The largest absolute Gasteiger partial charge is 0.354 e. The maximum Gasteiger partial charge on any atom is 0.258 e. The Morgan fingerprint density at radius 1 is 0.974 bits per heavy atom. The second-order valence-corrected chi connectivity index (χ2v) is 10.7. The average molecular weight is 523 g/mol. The van der Waals surface area contributed by atoms with E-state index in [9.17, 15) is 9.59 Å². The summed E-state index contributed by atoms with van der Waals surface area (Å²) in [5, 5.41) is 9.56. The number of nitrogens with one attached hydrogen (secondary N) is 3. The summed E-state index contributed by atoms with van der Waals surface area (Å²) in [4.78, 5) is 28.8. The number of carbonyl (C=O) groups excluding carboxylic acids is 2. The minimum atomic E-state index is -0.184.